The Labute approximate surface area is 128 Å². The zero-order valence-electron chi connectivity index (χ0n) is 12.5. The Morgan fingerprint density at radius 2 is 2.32 bits per heavy atom. The molecule has 0 bridgehead atoms. The van der Waals surface area contributed by atoms with Crippen molar-refractivity contribution in [3.8, 4) is 12.3 Å². The van der Waals surface area contributed by atoms with Crippen molar-refractivity contribution in [3.63, 3.8) is 0 Å². The number of imidazole rings is 1. The van der Waals surface area contributed by atoms with Crippen LogP contribution < -0.4 is 0 Å². The maximum atomic E-state index is 5.91. The average Bonchev–Trinajstić information content (AvgIpc) is 3.11. The van der Waals surface area contributed by atoms with Crippen molar-refractivity contribution in [3.05, 3.63) is 24.4 Å². The van der Waals surface area contributed by atoms with E-state index in [1.165, 1.54) is 0 Å². The van der Waals surface area contributed by atoms with Gasteiger partial charge < -0.3 is 13.7 Å². The molecule has 0 aromatic carbocycles. The summed E-state index contributed by atoms with van der Waals surface area (Å²) in [4.78, 5) is 9.01. The van der Waals surface area contributed by atoms with E-state index in [2.05, 4.69) is 20.5 Å². The summed E-state index contributed by atoms with van der Waals surface area (Å²) in [5, 5.41) is 0. The van der Waals surface area contributed by atoms with Crippen LogP contribution in [0.15, 0.2) is 22.9 Å². The Hall–Kier alpha value is -2.32. The number of hydrogen-bond acceptors (Lipinski definition) is 4. The molecule has 1 fully saturated rings. The first-order chi connectivity index (χ1) is 10.8. The summed E-state index contributed by atoms with van der Waals surface area (Å²) in [6.07, 6.45) is 11.7. The molecule has 1 saturated heterocycles. The molecule has 3 aromatic rings. The Kier molecular flexibility index (Phi) is 3.12. The van der Waals surface area contributed by atoms with Gasteiger partial charge in [-0.1, -0.05) is 0 Å². The number of terminal acetylenes is 1. The topological polar surface area (TPSA) is 53.1 Å². The van der Waals surface area contributed by atoms with Crippen LogP contribution >= 0.6 is 0 Å². The number of aromatic nitrogens is 3. The van der Waals surface area contributed by atoms with E-state index in [-0.39, 0.29) is 12.1 Å². The Balaban J connectivity index is 1.77. The van der Waals surface area contributed by atoms with Gasteiger partial charge in [0, 0.05) is 12.5 Å². The number of furan rings is 1. The maximum absolute atomic E-state index is 5.91. The zero-order chi connectivity index (χ0) is 15.1. The van der Waals surface area contributed by atoms with Gasteiger partial charge >= 0.3 is 0 Å². The van der Waals surface area contributed by atoms with Crippen LogP contribution in [0.1, 0.15) is 31.1 Å². The molecule has 0 aliphatic carbocycles. The summed E-state index contributed by atoms with van der Waals surface area (Å²) in [5.74, 6) is 3.64. The summed E-state index contributed by atoms with van der Waals surface area (Å²) < 4.78 is 13.8. The van der Waals surface area contributed by atoms with Crippen LogP contribution in [-0.4, -0.2) is 27.2 Å². The second kappa shape index (κ2) is 5.15. The monoisotopic (exact) mass is 295 g/mol. The minimum atomic E-state index is 0.182. The molecule has 5 nitrogen and oxygen atoms in total. The third-order valence-electron chi connectivity index (χ3n) is 4.36. The molecule has 3 aromatic heterocycles. The second-order valence-electron chi connectivity index (χ2n) is 5.75. The summed E-state index contributed by atoms with van der Waals surface area (Å²) in [7, 11) is 0. The SMILES string of the molecule is C#CC[C@H]1CC[C@H](n2c(C)nc3cnc4ccoc4c32)CO1. The Bertz CT molecular complexity index is 863. The normalized spacial score (nSPS) is 22.2. The Morgan fingerprint density at radius 1 is 1.41 bits per heavy atom. The lowest BCUT2D eigenvalue weighted by Crippen LogP contribution is -2.28. The lowest BCUT2D eigenvalue weighted by molar-refractivity contribution is -0.00783. The number of aryl methyl sites for hydroxylation is 1. The molecule has 22 heavy (non-hydrogen) atoms. The number of hydrogen-bond donors (Lipinski definition) is 0. The molecule has 1 aliphatic rings. The van der Waals surface area contributed by atoms with Crippen molar-refractivity contribution in [2.45, 2.75) is 38.3 Å². The van der Waals surface area contributed by atoms with E-state index in [1.54, 1.807) is 6.26 Å². The Morgan fingerprint density at radius 3 is 3.09 bits per heavy atom. The van der Waals surface area contributed by atoms with Gasteiger partial charge in [0.05, 0.1) is 31.2 Å². The molecule has 4 rings (SSSR count). The van der Waals surface area contributed by atoms with Crippen LogP contribution in [0.3, 0.4) is 0 Å². The van der Waals surface area contributed by atoms with Gasteiger partial charge in [0.2, 0.25) is 0 Å². The van der Waals surface area contributed by atoms with Crippen molar-refractivity contribution in [2.75, 3.05) is 6.61 Å². The quantitative estimate of drug-likeness (QED) is 0.681. The first-order valence-corrected chi connectivity index (χ1v) is 7.53. The van der Waals surface area contributed by atoms with E-state index >= 15 is 0 Å². The molecule has 5 heteroatoms. The molecule has 0 N–H and O–H groups in total. The number of rotatable bonds is 2. The van der Waals surface area contributed by atoms with E-state index in [4.69, 9.17) is 15.6 Å². The van der Waals surface area contributed by atoms with Gasteiger partial charge in [0.1, 0.15) is 22.4 Å². The third-order valence-corrected chi connectivity index (χ3v) is 4.36. The molecule has 0 amide bonds. The lowest BCUT2D eigenvalue weighted by atomic mass is 10.0. The molecule has 1 aliphatic heterocycles. The fraction of sp³-hybridized carbons (Fsp3) is 0.412. The molecule has 112 valence electrons. The first kappa shape index (κ1) is 13.4. The molecular formula is C17H17N3O2. The van der Waals surface area contributed by atoms with Crippen LogP contribution in [-0.2, 0) is 4.74 Å². The molecule has 0 unspecified atom stereocenters. The highest BCUT2D eigenvalue weighted by Crippen LogP contribution is 2.32. The zero-order valence-corrected chi connectivity index (χ0v) is 12.5. The van der Waals surface area contributed by atoms with Crippen LogP contribution in [0.5, 0.6) is 0 Å². The molecule has 0 radical (unpaired) electrons. The van der Waals surface area contributed by atoms with Gasteiger partial charge in [-0.25, -0.2) is 4.98 Å². The van der Waals surface area contributed by atoms with Gasteiger partial charge in [0.25, 0.3) is 0 Å². The highest BCUT2D eigenvalue weighted by molar-refractivity contribution is 5.98. The van der Waals surface area contributed by atoms with E-state index < -0.39 is 0 Å². The molecule has 2 atom stereocenters. The van der Waals surface area contributed by atoms with E-state index in [1.807, 2.05) is 19.2 Å². The largest absolute Gasteiger partial charge is 0.460 e. The van der Waals surface area contributed by atoms with Crippen molar-refractivity contribution in [1.82, 2.24) is 14.5 Å². The highest BCUT2D eigenvalue weighted by Gasteiger charge is 2.26. The van der Waals surface area contributed by atoms with Gasteiger partial charge in [-0.15, -0.1) is 12.3 Å². The van der Waals surface area contributed by atoms with E-state index in [0.717, 1.165) is 40.8 Å². The van der Waals surface area contributed by atoms with Gasteiger partial charge in [-0.05, 0) is 19.8 Å². The third kappa shape index (κ3) is 1.99. The smallest absolute Gasteiger partial charge is 0.178 e. The van der Waals surface area contributed by atoms with E-state index in [0.29, 0.717) is 13.0 Å². The minimum Gasteiger partial charge on any atom is -0.460 e. The fourth-order valence-electron chi connectivity index (χ4n) is 3.33. The van der Waals surface area contributed by atoms with Crippen molar-refractivity contribution >= 4 is 22.1 Å². The van der Waals surface area contributed by atoms with Crippen LogP contribution in [0.25, 0.3) is 22.1 Å². The summed E-state index contributed by atoms with van der Waals surface area (Å²) in [6.45, 7) is 2.67. The van der Waals surface area contributed by atoms with E-state index in [9.17, 15) is 0 Å². The number of fused-ring (bicyclic) bond motifs is 3. The average molecular weight is 295 g/mol. The number of nitrogens with zero attached hydrogens (tertiary/aromatic N) is 3. The van der Waals surface area contributed by atoms with Gasteiger partial charge in [-0.2, -0.15) is 0 Å². The van der Waals surface area contributed by atoms with Gasteiger partial charge in [0.15, 0.2) is 5.58 Å². The second-order valence-corrected chi connectivity index (χ2v) is 5.75. The molecule has 4 heterocycles. The van der Waals surface area contributed by atoms with Gasteiger partial charge in [-0.3, -0.25) is 4.98 Å². The maximum Gasteiger partial charge on any atom is 0.178 e. The molecule has 0 spiro atoms. The van der Waals surface area contributed by atoms with Crippen LogP contribution in [0.4, 0.5) is 0 Å². The predicted octanol–water partition coefficient (Wildman–Crippen LogP) is 3.23. The minimum absolute atomic E-state index is 0.182. The summed E-state index contributed by atoms with van der Waals surface area (Å²) in [5.41, 5.74) is 3.53. The van der Waals surface area contributed by atoms with Crippen molar-refractivity contribution in [2.24, 2.45) is 0 Å². The fourth-order valence-corrected chi connectivity index (χ4v) is 3.33. The van der Waals surface area contributed by atoms with Crippen LogP contribution in [0, 0.1) is 19.3 Å². The molecule has 0 saturated carbocycles. The summed E-state index contributed by atoms with van der Waals surface area (Å²) >= 11 is 0. The molecular weight excluding hydrogens is 278 g/mol. The van der Waals surface area contributed by atoms with Crippen molar-refractivity contribution in [1.29, 1.82) is 0 Å². The number of ether oxygens (including phenoxy) is 1. The standard InChI is InChI=1S/C17H17N3O2/c1-3-4-13-6-5-12(10-22-13)20-11(2)19-15-9-18-14-7-8-21-17(14)16(15)20/h1,7-9,12-13H,4-6,10H2,2H3/t12-,13-/m0/s1. The first-order valence-electron chi connectivity index (χ1n) is 7.53. The van der Waals surface area contributed by atoms with Crippen LogP contribution in [0.2, 0.25) is 0 Å². The highest BCUT2D eigenvalue weighted by atomic mass is 16.5. The number of pyridine rings is 1. The predicted molar refractivity (Wildman–Crippen MR) is 83.5 cm³/mol. The summed E-state index contributed by atoms with van der Waals surface area (Å²) in [6, 6.07) is 2.14. The van der Waals surface area contributed by atoms with Crippen molar-refractivity contribution < 1.29 is 9.15 Å². The lowest BCUT2D eigenvalue weighted by Gasteiger charge is -2.30.